The average molecular weight is 572 g/mol. The normalized spacial score (nSPS) is 20.0. The molecule has 3 aromatic rings. The van der Waals surface area contributed by atoms with Crippen LogP contribution in [0.1, 0.15) is 29.5 Å². The Morgan fingerprint density at radius 2 is 1.61 bits per heavy atom. The first-order valence-electron chi connectivity index (χ1n) is 13.9. The monoisotopic (exact) mass is 571 g/mol. The Labute approximate surface area is 238 Å². The van der Waals surface area contributed by atoms with Gasteiger partial charge in [0.1, 0.15) is 0 Å². The van der Waals surface area contributed by atoms with E-state index in [0.717, 1.165) is 26.2 Å². The largest absolute Gasteiger partial charge is 0.481 e. The Kier molecular flexibility index (Phi) is 9.26. The lowest BCUT2D eigenvalue weighted by Gasteiger charge is -2.51. The van der Waals surface area contributed by atoms with Crippen LogP contribution >= 0.6 is 0 Å². The van der Waals surface area contributed by atoms with Gasteiger partial charge in [-0.05, 0) is 18.1 Å². The van der Waals surface area contributed by atoms with Crippen molar-refractivity contribution in [3.8, 4) is 17.8 Å². The van der Waals surface area contributed by atoms with E-state index in [9.17, 15) is 13.2 Å². The zero-order chi connectivity index (χ0) is 28.8. The van der Waals surface area contributed by atoms with Gasteiger partial charge in [0, 0.05) is 57.3 Å². The summed E-state index contributed by atoms with van der Waals surface area (Å²) in [5.41, 5.74) is 2.81. The Hall–Kier alpha value is -3.41. The van der Waals surface area contributed by atoms with Gasteiger partial charge in [-0.3, -0.25) is 9.80 Å². The second-order valence-corrected chi connectivity index (χ2v) is 10.3. The number of rotatable bonds is 10. The molecule has 41 heavy (non-hydrogen) atoms. The van der Waals surface area contributed by atoms with Gasteiger partial charge in [0.15, 0.2) is 6.61 Å². The van der Waals surface area contributed by atoms with E-state index in [0.29, 0.717) is 12.1 Å². The van der Waals surface area contributed by atoms with Gasteiger partial charge in [0.2, 0.25) is 11.8 Å². The minimum atomic E-state index is -4.52. The zero-order valence-electron chi connectivity index (χ0n) is 23.3. The van der Waals surface area contributed by atoms with E-state index < -0.39 is 12.8 Å². The lowest BCUT2D eigenvalue weighted by Crippen LogP contribution is -2.66. The fourth-order valence-corrected chi connectivity index (χ4v) is 5.92. The van der Waals surface area contributed by atoms with Crippen molar-refractivity contribution in [2.75, 3.05) is 53.0 Å². The quantitative estimate of drug-likeness (QED) is 0.390. The fourth-order valence-electron chi connectivity index (χ4n) is 5.92. The minimum absolute atomic E-state index is 0.0855. The highest BCUT2D eigenvalue weighted by Crippen LogP contribution is 2.37. The number of fused-ring (bicyclic) bond motifs is 1. The molecule has 5 rings (SSSR count). The van der Waals surface area contributed by atoms with Crippen LogP contribution in [0.25, 0.3) is 0 Å². The van der Waals surface area contributed by atoms with Crippen molar-refractivity contribution < 1.29 is 27.4 Å². The molecular weight excluding hydrogens is 535 g/mol. The van der Waals surface area contributed by atoms with Gasteiger partial charge in [-0.25, -0.2) is 0 Å². The number of nitrogens with one attached hydrogen (secondary N) is 1. The third kappa shape index (κ3) is 7.09. The van der Waals surface area contributed by atoms with Gasteiger partial charge >= 0.3 is 12.2 Å². The summed E-state index contributed by atoms with van der Waals surface area (Å²) in [6.45, 7) is 4.81. The van der Waals surface area contributed by atoms with Gasteiger partial charge in [0.25, 0.3) is 0 Å². The molecule has 2 aliphatic heterocycles. The predicted molar refractivity (Wildman–Crippen MR) is 148 cm³/mol. The molecule has 11 heteroatoms. The second kappa shape index (κ2) is 13.1. The van der Waals surface area contributed by atoms with Crippen LogP contribution in [0.3, 0.4) is 0 Å². The van der Waals surface area contributed by atoms with Crippen LogP contribution in [0.15, 0.2) is 60.7 Å². The SMILES string of the molecule is CCOc1nc(OC)c(CN2C[C@@H]3CNCCN3[C@H](C(c3ccccc3)c3ccccc3)C2)c(OCC(F)(F)F)n1. The average Bonchev–Trinajstić information content (AvgIpc) is 2.98. The molecule has 3 heterocycles. The van der Waals surface area contributed by atoms with Crippen LogP contribution in [-0.4, -0.2) is 91.1 Å². The number of piperazine rings is 2. The van der Waals surface area contributed by atoms with Crippen molar-refractivity contribution in [1.29, 1.82) is 0 Å². The summed E-state index contributed by atoms with van der Waals surface area (Å²) in [4.78, 5) is 13.3. The fraction of sp³-hybridized carbons (Fsp3) is 0.467. The first-order chi connectivity index (χ1) is 19.9. The van der Waals surface area contributed by atoms with Crippen molar-refractivity contribution in [3.63, 3.8) is 0 Å². The summed E-state index contributed by atoms with van der Waals surface area (Å²) in [6.07, 6.45) is -4.52. The third-order valence-corrected chi connectivity index (χ3v) is 7.57. The number of halogens is 3. The Morgan fingerprint density at radius 1 is 0.951 bits per heavy atom. The lowest BCUT2D eigenvalue weighted by molar-refractivity contribution is -0.154. The Balaban J connectivity index is 1.51. The smallest absolute Gasteiger partial charge is 0.422 e. The van der Waals surface area contributed by atoms with E-state index in [1.54, 1.807) is 6.92 Å². The van der Waals surface area contributed by atoms with E-state index in [-0.39, 0.29) is 48.9 Å². The standard InChI is InChI=1S/C30H36F3N5O3/c1-3-40-29-35-27(39-2)24(28(36-29)41-20-30(31,32)33)18-37-17-23-16-34-14-15-38(23)25(19-37)26(21-10-6-4-7-11-21)22-12-8-5-9-13-22/h4-13,23,25-26,34H,3,14-20H2,1-2H3/t23-,25-/m0/s1. The number of ether oxygens (including phenoxy) is 3. The molecule has 2 atom stereocenters. The molecule has 2 fully saturated rings. The number of methoxy groups -OCH3 is 1. The highest BCUT2D eigenvalue weighted by atomic mass is 19.4. The summed E-state index contributed by atoms with van der Waals surface area (Å²) >= 11 is 0. The second-order valence-electron chi connectivity index (χ2n) is 10.3. The molecule has 1 aromatic heterocycles. The number of alkyl halides is 3. The van der Waals surface area contributed by atoms with Gasteiger partial charge in [-0.1, -0.05) is 60.7 Å². The molecule has 0 amide bonds. The van der Waals surface area contributed by atoms with Crippen molar-refractivity contribution in [1.82, 2.24) is 25.1 Å². The van der Waals surface area contributed by atoms with E-state index in [2.05, 4.69) is 73.6 Å². The summed E-state index contributed by atoms with van der Waals surface area (Å²) in [5.74, 6) is 0.0605. The molecule has 0 saturated carbocycles. The van der Waals surface area contributed by atoms with E-state index >= 15 is 0 Å². The molecule has 1 N–H and O–H groups in total. The highest BCUT2D eigenvalue weighted by molar-refractivity contribution is 5.38. The van der Waals surface area contributed by atoms with Crippen LogP contribution in [-0.2, 0) is 6.54 Å². The maximum Gasteiger partial charge on any atom is 0.422 e. The minimum Gasteiger partial charge on any atom is -0.481 e. The topological polar surface area (TPSA) is 72.0 Å². The van der Waals surface area contributed by atoms with E-state index in [4.69, 9.17) is 14.2 Å². The first kappa shape index (κ1) is 29.1. The summed E-state index contributed by atoms with van der Waals surface area (Å²) in [6, 6.07) is 21.2. The van der Waals surface area contributed by atoms with Crippen LogP contribution in [0, 0.1) is 0 Å². The summed E-state index contributed by atoms with van der Waals surface area (Å²) in [7, 11) is 1.43. The van der Waals surface area contributed by atoms with Gasteiger partial charge in [-0.15, -0.1) is 0 Å². The number of benzene rings is 2. The number of aromatic nitrogens is 2. The molecule has 0 aliphatic carbocycles. The number of nitrogens with zero attached hydrogens (tertiary/aromatic N) is 4. The van der Waals surface area contributed by atoms with Crippen LogP contribution in [0.4, 0.5) is 13.2 Å². The summed E-state index contributed by atoms with van der Waals surface area (Å²) < 4.78 is 55.6. The molecule has 2 saturated heterocycles. The maximum absolute atomic E-state index is 13.2. The molecule has 0 unspecified atom stereocenters. The van der Waals surface area contributed by atoms with Gasteiger partial charge in [0.05, 0.1) is 19.3 Å². The number of hydrogen-bond acceptors (Lipinski definition) is 8. The molecule has 220 valence electrons. The Bertz CT molecular complexity index is 1230. The lowest BCUT2D eigenvalue weighted by atomic mass is 9.81. The van der Waals surface area contributed by atoms with Gasteiger partial charge < -0.3 is 19.5 Å². The maximum atomic E-state index is 13.2. The third-order valence-electron chi connectivity index (χ3n) is 7.57. The molecular formula is C30H36F3N5O3. The molecule has 2 aliphatic rings. The zero-order valence-corrected chi connectivity index (χ0v) is 23.3. The van der Waals surface area contributed by atoms with Crippen molar-refractivity contribution >= 4 is 0 Å². The van der Waals surface area contributed by atoms with E-state index in [1.807, 2.05) is 12.1 Å². The number of hydrogen-bond donors (Lipinski definition) is 1. The van der Waals surface area contributed by atoms with Crippen LogP contribution < -0.4 is 19.5 Å². The van der Waals surface area contributed by atoms with Crippen LogP contribution in [0.5, 0.6) is 17.8 Å². The predicted octanol–water partition coefficient (Wildman–Crippen LogP) is 4.12. The highest BCUT2D eigenvalue weighted by Gasteiger charge is 2.41. The van der Waals surface area contributed by atoms with Gasteiger partial charge in [-0.2, -0.15) is 23.1 Å². The first-order valence-corrected chi connectivity index (χ1v) is 13.9. The van der Waals surface area contributed by atoms with Crippen molar-refractivity contribution in [3.05, 3.63) is 77.4 Å². The molecule has 8 nitrogen and oxygen atoms in total. The summed E-state index contributed by atoms with van der Waals surface area (Å²) in [5, 5.41) is 3.52. The molecule has 0 radical (unpaired) electrons. The molecule has 2 aromatic carbocycles. The Morgan fingerprint density at radius 3 is 2.22 bits per heavy atom. The van der Waals surface area contributed by atoms with Crippen molar-refractivity contribution in [2.45, 2.75) is 37.6 Å². The molecule has 0 spiro atoms. The molecule has 0 bridgehead atoms. The van der Waals surface area contributed by atoms with Crippen molar-refractivity contribution in [2.24, 2.45) is 0 Å². The van der Waals surface area contributed by atoms with E-state index in [1.165, 1.54) is 18.2 Å². The van der Waals surface area contributed by atoms with Crippen LogP contribution in [0.2, 0.25) is 0 Å².